The molecule has 0 spiro atoms. The molecule has 0 bridgehead atoms. The van der Waals surface area contributed by atoms with E-state index in [1.54, 1.807) is 0 Å². The van der Waals surface area contributed by atoms with Crippen LogP contribution in [0.2, 0.25) is 0 Å². The maximum Gasteiger partial charge on any atom is -0.0244 e. The Morgan fingerprint density at radius 2 is 1.55 bits per heavy atom. The van der Waals surface area contributed by atoms with Crippen molar-refractivity contribution >= 4 is 0 Å². The molecule has 0 heterocycles. The van der Waals surface area contributed by atoms with E-state index in [2.05, 4.69) is 26.2 Å². The van der Waals surface area contributed by atoms with E-state index in [9.17, 15) is 0 Å². The number of rotatable bonds is 6. The Morgan fingerprint density at radius 1 is 1.09 bits per heavy atom. The van der Waals surface area contributed by atoms with Gasteiger partial charge >= 0.3 is 0 Å². The van der Waals surface area contributed by atoms with Crippen LogP contribution in [0.25, 0.3) is 0 Å². The highest BCUT2D eigenvalue weighted by molar-refractivity contribution is 4.98. The van der Waals surface area contributed by atoms with Crippen molar-refractivity contribution in [2.75, 3.05) is 0 Å². The van der Waals surface area contributed by atoms with Crippen LogP contribution in [0.3, 0.4) is 0 Å². The molecule has 0 aliphatic rings. The van der Waals surface area contributed by atoms with Gasteiger partial charge in [-0.1, -0.05) is 33.3 Å². The lowest BCUT2D eigenvalue weighted by molar-refractivity contribution is 0.714. The van der Waals surface area contributed by atoms with Gasteiger partial charge in [0.25, 0.3) is 0 Å². The van der Waals surface area contributed by atoms with E-state index < -0.39 is 0 Å². The lowest BCUT2D eigenvalue weighted by Gasteiger charge is -2.01. The van der Waals surface area contributed by atoms with Gasteiger partial charge in [0.1, 0.15) is 0 Å². The van der Waals surface area contributed by atoms with E-state index in [0.29, 0.717) is 0 Å². The summed E-state index contributed by atoms with van der Waals surface area (Å²) in [5, 5.41) is 0. The van der Waals surface area contributed by atoms with Gasteiger partial charge in [0.15, 0.2) is 0 Å². The van der Waals surface area contributed by atoms with E-state index in [4.69, 9.17) is 0 Å². The molecule has 0 fully saturated rings. The van der Waals surface area contributed by atoms with Gasteiger partial charge in [-0.15, -0.1) is 5.73 Å². The molecular weight excluding hydrogens is 132 g/mol. The van der Waals surface area contributed by atoms with Crippen LogP contribution >= 0.6 is 0 Å². The molecule has 0 aliphatic heterocycles. The Morgan fingerprint density at radius 3 is 1.82 bits per heavy atom. The van der Waals surface area contributed by atoms with E-state index in [0.717, 1.165) is 0 Å². The molecule has 0 saturated heterocycles. The molecule has 0 heteroatoms. The monoisotopic (exact) mass is 152 g/mol. The van der Waals surface area contributed by atoms with Crippen molar-refractivity contribution in [1.29, 1.82) is 0 Å². The minimum Gasteiger partial charge on any atom is -0.130 e. The Kier molecular flexibility index (Phi) is 7.29. The standard InChI is InChI=1S/C11H20/c1-4-7-9-11(6-3)10-8-5-2/h3-5,7-10H2,1-2H3. The topological polar surface area (TPSA) is 0 Å². The molecule has 0 nitrogen and oxygen atoms in total. The van der Waals surface area contributed by atoms with Crippen LogP contribution in [0.5, 0.6) is 0 Å². The fourth-order valence-corrected chi connectivity index (χ4v) is 1.08. The van der Waals surface area contributed by atoms with Crippen molar-refractivity contribution in [3.05, 3.63) is 17.9 Å². The van der Waals surface area contributed by atoms with E-state index >= 15 is 0 Å². The zero-order valence-electron chi connectivity index (χ0n) is 7.95. The summed E-state index contributed by atoms with van der Waals surface area (Å²) in [6.07, 6.45) is 7.55. The summed E-state index contributed by atoms with van der Waals surface area (Å²) in [6, 6.07) is 0. The molecule has 0 aromatic rings. The first-order chi connectivity index (χ1) is 5.35. The summed E-state index contributed by atoms with van der Waals surface area (Å²) >= 11 is 0. The van der Waals surface area contributed by atoms with Crippen molar-refractivity contribution < 1.29 is 0 Å². The molecule has 0 atom stereocenters. The van der Waals surface area contributed by atoms with Crippen molar-refractivity contribution in [2.24, 2.45) is 0 Å². The highest BCUT2D eigenvalue weighted by Gasteiger charge is 1.94. The summed E-state index contributed by atoms with van der Waals surface area (Å²) in [7, 11) is 0. The molecule has 64 valence electrons. The van der Waals surface area contributed by atoms with Gasteiger partial charge in [0, 0.05) is 0 Å². The number of hydrogen-bond acceptors (Lipinski definition) is 0. The van der Waals surface area contributed by atoms with Gasteiger partial charge < -0.3 is 0 Å². The lowest BCUT2D eigenvalue weighted by atomic mass is 10.0. The average molecular weight is 152 g/mol. The second kappa shape index (κ2) is 7.63. The van der Waals surface area contributed by atoms with Crippen molar-refractivity contribution in [3.8, 4) is 0 Å². The Balaban J connectivity index is 3.52. The molecule has 0 aliphatic carbocycles. The first-order valence-corrected chi connectivity index (χ1v) is 4.72. The molecule has 0 rings (SSSR count). The van der Waals surface area contributed by atoms with Gasteiger partial charge in [-0.05, 0) is 31.3 Å². The first kappa shape index (κ1) is 10.5. The third-order valence-corrected chi connectivity index (χ3v) is 1.91. The summed E-state index contributed by atoms with van der Waals surface area (Å²) in [6.45, 7) is 8.15. The summed E-state index contributed by atoms with van der Waals surface area (Å²) in [5.41, 5.74) is 4.46. The molecule has 0 radical (unpaired) electrons. The second-order valence-electron chi connectivity index (χ2n) is 2.99. The number of hydrogen-bond donors (Lipinski definition) is 0. The molecule has 0 N–H and O–H groups in total. The Hall–Kier alpha value is -0.480. The normalized spacial score (nSPS) is 9.27. The zero-order chi connectivity index (χ0) is 8.53. The minimum absolute atomic E-state index is 1.21. The van der Waals surface area contributed by atoms with Crippen LogP contribution in [0.15, 0.2) is 17.9 Å². The van der Waals surface area contributed by atoms with Crippen LogP contribution in [-0.2, 0) is 0 Å². The van der Waals surface area contributed by atoms with Crippen LogP contribution in [0.4, 0.5) is 0 Å². The average Bonchev–Trinajstić information content (AvgIpc) is 2.05. The molecule has 0 aromatic heterocycles. The summed E-state index contributed by atoms with van der Waals surface area (Å²) in [4.78, 5) is 0. The quantitative estimate of drug-likeness (QED) is 0.503. The van der Waals surface area contributed by atoms with Crippen molar-refractivity contribution in [2.45, 2.75) is 52.4 Å². The molecule has 0 saturated carbocycles. The number of unbranched alkanes of at least 4 members (excludes halogenated alkanes) is 2. The maximum atomic E-state index is 3.70. The Bertz CT molecular complexity index is 117. The van der Waals surface area contributed by atoms with Gasteiger partial charge in [-0.25, -0.2) is 0 Å². The zero-order valence-corrected chi connectivity index (χ0v) is 7.95. The van der Waals surface area contributed by atoms with Gasteiger partial charge in [-0.2, -0.15) is 0 Å². The molecule has 0 amide bonds. The maximum absolute atomic E-state index is 3.70. The highest BCUT2D eigenvalue weighted by atomic mass is 14.0. The smallest absolute Gasteiger partial charge is 0.0244 e. The first-order valence-electron chi connectivity index (χ1n) is 4.72. The Labute approximate surface area is 71.0 Å². The molecule has 0 aromatic carbocycles. The molecule has 11 heavy (non-hydrogen) atoms. The van der Waals surface area contributed by atoms with E-state index in [1.807, 2.05) is 0 Å². The predicted molar refractivity (Wildman–Crippen MR) is 51.7 cm³/mol. The predicted octanol–water partition coefficient (Wildman–Crippen LogP) is 4.08. The largest absolute Gasteiger partial charge is 0.130 e. The van der Waals surface area contributed by atoms with E-state index in [-0.39, 0.29) is 0 Å². The third kappa shape index (κ3) is 5.94. The number of allylic oxidation sites excluding steroid dienone is 1. The second-order valence-corrected chi connectivity index (χ2v) is 2.99. The van der Waals surface area contributed by atoms with Crippen LogP contribution in [0.1, 0.15) is 52.4 Å². The molecule has 0 unspecified atom stereocenters. The van der Waals surface area contributed by atoms with Crippen LogP contribution < -0.4 is 0 Å². The highest BCUT2D eigenvalue weighted by Crippen LogP contribution is 2.12. The van der Waals surface area contributed by atoms with Gasteiger partial charge in [-0.3, -0.25) is 0 Å². The van der Waals surface area contributed by atoms with Crippen LogP contribution in [-0.4, -0.2) is 0 Å². The summed E-state index contributed by atoms with van der Waals surface area (Å²) in [5.74, 6) is 0. The lowest BCUT2D eigenvalue weighted by Crippen LogP contribution is -1.82. The van der Waals surface area contributed by atoms with Crippen LogP contribution in [0, 0.1) is 0 Å². The van der Waals surface area contributed by atoms with Gasteiger partial charge in [0.2, 0.25) is 0 Å². The minimum atomic E-state index is 1.21. The summed E-state index contributed by atoms with van der Waals surface area (Å²) < 4.78 is 0. The van der Waals surface area contributed by atoms with Gasteiger partial charge in [0.05, 0.1) is 0 Å². The SMILES string of the molecule is C=C=C(CCCC)CCCC. The van der Waals surface area contributed by atoms with Crippen molar-refractivity contribution in [1.82, 2.24) is 0 Å². The fourth-order valence-electron chi connectivity index (χ4n) is 1.08. The third-order valence-electron chi connectivity index (χ3n) is 1.91. The molecular formula is C11H20. The van der Waals surface area contributed by atoms with E-state index in [1.165, 1.54) is 44.1 Å². The fraction of sp³-hybridized carbons (Fsp3) is 0.727. The van der Waals surface area contributed by atoms with Crippen molar-refractivity contribution in [3.63, 3.8) is 0 Å².